The topological polar surface area (TPSA) is 82.2 Å². The van der Waals surface area contributed by atoms with E-state index in [1.54, 1.807) is 24.1 Å². The van der Waals surface area contributed by atoms with Crippen LogP contribution in [0.4, 0.5) is 10.5 Å². The molecule has 3 rings (SSSR count). The summed E-state index contributed by atoms with van der Waals surface area (Å²) >= 11 is 0. The first-order chi connectivity index (χ1) is 14.3. The highest BCUT2D eigenvalue weighted by Gasteiger charge is 2.47. The van der Waals surface area contributed by atoms with Crippen molar-refractivity contribution in [1.29, 1.82) is 0 Å². The average molecular weight is 417 g/mol. The predicted molar refractivity (Wildman–Crippen MR) is 114 cm³/mol. The monoisotopic (exact) mass is 416 g/mol. The fraction of sp³-hybridized carbons (Fsp3) is 0.591. The molecule has 1 aromatic rings. The van der Waals surface area contributed by atoms with Crippen molar-refractivity contribution in [2.75, 3.05) is 51.7 Å². The maximum atomic E-state index is 13.1. The van der Waals surface area contributed by atoms with Gasteiger partial charge in [-0.25, -0.2) is 4.79 Å². The normalized spacial score (nSPS) is 21.9. The van der Waals surface area contributed by atoms with E-state index in [1.807, 2.05) is 42.7 Å². The van der Waals surface area contributed by atoms with Crippen molar-refractivity contribution >= 4 is 23.5 Å². The van der Waals surface area contributed by atoms with Crippen LogP contribution in [0.2, 0.25) is 0 Å². The molecule has 0 bridgehead atoms. The molecule has 1 atom stereocenters. The molecule has 1 spiro atoms. The number of methoxy groups -OCH3 is 1. The van der Waals surface area contributed by atoms with Crippen LogP contribution in [0.25, 0.3) is 0 Å². The third kappa shape index (κ3) is 4.68. The molecule has 2 heterocycles. The molecule has 2 aliphatic heterocycles. The van der Waals surface area contributed by atoms with Crippen LogP contribution in [-0.2, 0) is 9.59 Å². The van der Waals surface area contributed by atoms with Crippen molar-refractivity contribution in [3.8, 4) is 5.75 Å². The Morgan fingerprint density at radius 1 is 1.17 bits per heavy atom. The van der Waals surface area contributed by atoms with E-state index in [4.69, 9.17) is 4.74 Å². The van der Waals surface area contributed by atoms with Gasteiger partial charge in [-0.3, -0.25) is 9.59 Å². The Labute approximate surface area is 178 Å². The summed E-state index contributed by atoms with van der Waals surface area (Å²) in [5.41, 5.74) is 0.199. The van der Waals surface area contributed by atoms with Crippen molar-refractivity contribution in [1.82, 2.24) is 14.7 Å². The number of ether oxygens (including phenoxy) is 1. The first-order valence-corrected chi connectivity index (χ1v) is 10.5. The summed E-state index contributed by atoms with van der Waals surface area (Å²) in [5.74, 6) is 0.684. The zero-order valence-corrected chi connectivity index (χ0v) is 18.3. The lowest BCUT2D eigenvalue weighted by atomic mass is 9.85. The van der Waals surface area contributed by atoms with Gasteiger partial charge in [0.15, 0.2) is 0 Å². The molecule has 1 N–H and O–H groups in total. The Kier molecular flexibility index (Phi) is 6.53. The molecule has 8 heteroatoms. The Morgan fingerprint density at radius 3 is 2.50 bits per heavy atom. The van der Waals surface area contributed by atoms with E-state index in [-0.39, 0.29) is 23.8 Å². The third-order valence-corrected chi connectivity index (χ3v) is 5.89. The van der Waals surface area contributed by atoms with Gasteiger partial charge in [-0.2, -0.15) is 0 Å². The largest absolute Gasteiger partial charge is 0.497 e. The van der Waals surface area contributed by atoms with Crippen molar-refractivity contribution < 1.29 is 19.1 Å². The number of benzene rings is 1. The molecular weight excluding hydrogens is 384 g/mol. The lowest BCUT2D eigenvalue weighted by Crippen LogP contribution is -2.46. The molecule has 2 saturated heterocycles. The first kappa shape index (κ1) is 21.9. The minimum atomic E-state index is -0.445. The van der Waals surface area contributed by atoms with Gasteiger partial charge in [-0.15, -0.1) is 0 Å². The van der Waals surface area contributed by atoms with Crippen LogP contribution < -0.4 is 10.1 Å². The average Bonchev–Trinajstić information content (AvgIpc) is 2.91. The number of carbonyl (C=O) groups is 3. The zero-order chi connectivity index (χ0) is 21.9. The van der Waals surface area contributed by atoms with E-state index in [9.17, 15) is 14.4 Å². The van der Waals surface area contributed by atoms with E-state index in [1.165, 1.54) is 0 Å². The number of likely N-dealkylation sites (tertiary alicyclic amines) is 1. The second kappa shape index (κ2) is 8.93. The zero-order valence-electron chi connectivity index (χ0n) is 18.3. The van der Waals surface area contributed by atoms with Crippen LogP contribution in [-0.4, -0.2) is 78.9 Å². The van der Waals surface area contributed by atoms with Gasteiger partial charge in [0.1, 0.15) is 5.75 Å². The summed E-state index contributed by atoms with van der Waals surface area (Å²) in [6, 6.07) is 6.97. The van der Waals surface area contributed by atoms with E-state index in [0.29, 0.717) is 57.1 Å². The molecule has 2 aliphatic rings. The smallest absolute Gasteiger partial charge is 0.321 e. The molecule has 2 fully saturated rings. The number of anilines is 1. The van der Waals surface area contributed by atoms with Crippen molar-refractivity contribution in [2.45, 2.75) is 27.2 Å². The number of carbonyl (C=O) groups excluding carboxylic acids is 3. The van der Waals surface area contributed by atoms with Crippen LogP contribution in [0.3, 0.4) is 0 Å². The number of hydrogen-bond acceptors (Lipinski definition) is 4. The first-order valence-electron chi connectivity index (χ1n) is 10.5. The van der Waals surface area contributed by atoms with Gasteiger partial charge < -0.3 is 24.8 Å². The molecule has 30 heavy (non-hydrogen) atoms. The molecule has 1 aromatic carbocycles. The number of hydrogen-bond donors (Lipinski definition) is 1. The van der Waals surface area contributed by atoms with Gasteiger partial charge in [0.25, 0.3) is 0 Å². The maximum Gasteiger partial charge on any atom is 0.321 e. The lowest BCUT2D eigenvalue weighted by molar-refractivity contribution is -0.135. The van der Waals surface area contributed by atoms with Gasteiger partial charge in [-0.1, -0.05) is 19.9 Å². The molecule has 4 amide bonds. The number of urea groups is 1. The van der Waals surface area contributed by atoms with E-state index in [2.05, 4.69) is 5.32 Å². The Hall–Kier alpha value is -2.77. The fourth-order valence-corrected chi connectivity index (χ4v) is 4.37. The summed E-state index contributed by atoms with van der Waals surface area (Å²) in [5, 5.41) is 2.93. The summed E-state index contributed by atoms with van der Waals surface area (Å²) in [4.78, 5) is 43.7. The van der Waals surface area contributed by atoms with E-state index < -0.39 is 5.41 Å². The van der Waals surface area contributed by atoms with Crippen LogP contribution >= 0.6 is 0 Å². The number of rotatable bonds is 4. The minimum Gasteiger partial charge on any atom is -0.497 e. The Bertz CT molecular complexity index is 812. The minimum absolute atomic E-state index is 0.0619. The molecule has 164 valence electrons. The number of amides is 4. The Balaban J connectivity index is 1.82. The van der Waals surface area contributed by atoms with Crippen molar-refractivity contribution in [2.24, 2.45) is 11.3 Å². The van der Waals surface area contributed by atoms with Gasteiger partial charge in [0.2, 0.25) is 11.8 Å². The van der Waals surface area contributed by atoms with Crippen molar-refractivity contribution in [3.05, 3.63) is 24.3 Å². The molecular formula is C22H32N4O4. The summed E-state index contributed by atoms with van der Waals surface area (Å²) in [6.07, 6.45) is 0.353. The van der Waals surface area contributed by atoms with Gasteiger partial charge in [-0.05, 0) is 19.1 Å². The van der Waals surface area contributed by atoms with Crippen LogP contribution in [0.15, 0.2) is 24.3 Å². The Morgan fingerprint density at radius 2 is 1.87 bits per heavy atom. The van der Waals surface area contributed by atoms with Gasteiger partial charge in [0.05, 0.1) is 7.11 Å². The quantitative estimate of drug-likeness (QED) is 0.816. The van der Waals surface area contributed by atoms with E-state index in [0.717, 1.165) is 0 Å². The molecule has 0 aliphatic carbocycles. The van der Waals surface area contributed by atoms with Crippen molar-refractivity contribution in [3.63, 3.8) is 0 Å². The summed E-state index contributed by atoms with van der Waals surface area (Å²) in [6.45, 7) is 8.74. The highest BCUT2D eigenvalue weighted by molar-refractivity contribution is 5.90. The number of nitrogens with one attached hydrogen (secondary N) is 1. The lowest BCUT2D eigenvalue weighted by Gasteiger charge is -2.34. The molecule has 0 unspecified atom stereocenters. The highest BCUT2D eigenvalue weighted by atomic mass is 16.5. The molecule has 0 saturated carbocycles. The third-order valence-electron chi connectivity index (χ3n) is 5.89. The second-order valence-corrected chi connectivity index (χ2v) is 8.58. The van der Waals surface area contributed by atoms with Gasteiger partial charge >= 0.3 is 6.03 Å². The van der Waals surface area contributed by atoms with E-state index >= 15 is 0 Å². The predicted octanol–water partition coefficient (Wildman–Crippen LogP) is 2.27. The summed E-state index contributed by atoms with van der Waals surface area (Å²) in [7, 11) is 1.58. The molecule has 0 radical (unpaired) electrons. The van der Waals surface area contributed by atoms with Gasteiger partial charge in [0, 0.05) is 68.8 Å². The SMILES string of the molecule is CCN1C[C@@]2(CC1=O)CN(C(=O)Nc1cccc(OC)c1)CCN(C(=O)C(C)C)C2. The highest BCUT2D eigenvalue weighted by Crippen LogP contribution is 2.35. The van der Waals surface area contributed by atoms with Crippen LogP contribution in [0.1, 0.15) is 27.2 Å². The molecule has 0 aromatic heterocycles. The maximum absolute atomic E-state index is 13.1. The van der Waals surface area contributed by atoms with Crippen LogP contribution in [0, 0.1) is 11.3 Å². The summed E-state index contributed by atoms with van der Waals surface area (Å²) < 4.78 is 5.22. The number of nitrogens with zero attached hydrogens (tertiary/aromatic N) is 3. The second-order valence-electron chi connectivity index (χ2n) is 8.58. The molecule has 8 nitrogen and oxygen atoms in total. The standard InChI is InChI=1S/C22H32N4O4/c1-5-24-13-22(12-19(24)27)14-25(20(28)16(2)3)9-10-26(15-22)21(29)23-17-7-6-8-18(11-17)30-4/h6-8,11,16H,5,9-10,12-15H2,1-4H3,(H,23,29)/t22-/m1/s1. The fourth-order valence-electron chi connectivity index (χ4n) is 4.37. The van der Waals surface area contributed by atoms with Crippen LogP contribution in [0.5, 0.6) is 5.75 Å².